The highest BCUT2D eigenvalue weighted by Gasteiger charge is 2.10. The minimum Gasteiger partial charge on any atom is -0.330 e. The van der Waals surface area contributed by atoms with Crippen molar-refractivity contribution in [3.05, 3.63) is 0 Å². The highest BCUT2D eigenvalue weighted by Crippen LogP contribution is 2.10. The Kier molecular flexibility index (Phi) is 5.22. The van der Waals surface area contributed by atoms with Crippen molar-refractivity contribution in [2.24, 2.45) is 11.7 Å². The zero-order chi connectivity index (χ0) is 7.98. The van der Waals surface area contributed by atoms with Crippen LogP contribution in [0.15, 0.2) is 0 Å². The maximum Gasteiger partial charge on any atom is 0.132 e. The Labute approximate surface area is 62.8 Å². The molecule has 0 saturated carbocycles. The van der Waals surface area contributed by atoms with Crippen molar-refractivity contribution in [3.63, 3.8) is 0 Å². The van der Waals surface area contributed by atoms with E-state index >= 15 is 0 Å². The topological polar surface area (TPSA) is 43.1 Å². The van der Waals surface area contributed by atoms with Crippen LogP contribution in [0.25, 0.3) is 0 Å². The van der Waals surface area contributed by atoms with Gasteiger partial charge in [-0.05, 0) is 26.3 Å². The molecule has 0 aliphatic rings. The maximum absolute atomic E-state index is 10.9. The second kappa shape index (κ2) is 5.42. The molecule has 0 aromatic carbocycles. The van der Waals surface area contributed by atoms with Gasteiger partial charge in [-0.15, -0.1) is 0 Å². The molecule has 0 spiro atoms. The molecule has 2 nitrogen and oxygen atoms in total. The fourth-order valence-corrected chi connectivity index (χ4v) is 1.10. The lowest BCUT2D eigenvalue weighted by Gasteiger charge is -2.09. The predicted octanol–water partition coefficient (Wildman–Crippen LogP) is 1.34. The summed E-state index contributed by atoms with van der Waals surface area (Å²) in [6.45, 7) is 4.37. The van der Waals surface area contributed by atoms with Gasteiger partial charge in [0.1, 0.15) is 5.78 Å². The molecule has 0 heterocycles. The van der Waals surface area contributed by atoms with Crippen molar-refractivity contribution in [2.45, 2.75) is 33.1 Å². The van der Waals surface area contributed by atoms with Crippen molar-refractivity contribution in [1.82, 2.24) is 0 Å². The largest absolute Gasteiger partial charge is 0.330 e. The average molecular weight is 143 g/mol. The first-order valence-corrected chi connectivity index (χ1v) is 3.92. The summed E-state index contributed by atoms with van der Waals surface area (Å²) in [5.74, 6) is 0.502. The van der Waals surface area contributed by atoms with Gasteiger partial charge in [-0.3, -0.25) is 4.79 Å². The maximum atomic E-state index is 10.9. The van der Waals surface area contributed by atoms with Crippen LogP contribution in [0.4, 0.5) is 0 Å². The molecule has 0 rings (SSSR count). The van der Waals surface area contributed by atoms with E-state index in [1.165, 1.54) is 0 Å². The monoisotopic (exact) mass is 143 g/mol. The Morgan fingerprint density at radius 1 is 1.50 bits per heavy atom. The van der Waals surface area contributed by atoms with Crippen LogP contribution in [0.5, 0.6) is 0 Å². The third-order valence-electron chi connectivity index (χ3n) is 1.73. The molecule has 60 valence electrons. The number of carbonyl (C=O) groups excluding carboxylic acids is 1. The molecule has 0 aliphatic heterocycles. The van der Waals surface area contributed by atoms with E-state index in [1.54, 1.807) is 6.92 Å². The van der Waals surface area contributed by atoms with E-state index in [0.29, 0.717) is 6.54 Å². The van der Waals surface area contributed by atoms with Crippen LogP contribution in [-0.4, -0.2) is 12.3 Å². The quantitative estimate of drug-likeness (QED) is 0.631. The van der Waals surface area contributed by atoms with E-state index in [1.807, 2.05) is 0 Å². The van der Waals surface area contributed by atoms with E-state index in [9.17, 15) is 4.79 Å². The Hall–Kier alpha value is -0.370. The van der Waals surface area contributed by atoms with Crippen molar-refractivity contribution in [1.29, 1.82) is 0 Å². The first kappa shape index (κ1) is 9.63. The van der Waals surface area contributed by atoms with Crippen LogP contribution >= 0.6 is 0 Å². The lowest BCUT2D eigenvalue weighted by atomic mass is 9.96. The minimum atomic E-state index is 0.218. The highest BCUT2D eigenvalue weighted by molar-refractivity contribution is 5.78. The molecular weight excluding hydrogens is 126 g/mol. The SMILES string of the molecule is CCCC(CCN)C(C)=O. The van der Waals surface area contributed by atoms with Crippen LogP contribution < -0.4 is 5.73 Å². The Morgan fingerprint density at radius 3 is 2.40 bits per heavy atom. The summed E-state index contributed by atoms with van der Waals surface area (Å²) in [6, 6.07) is 0. The van der Waals surface area contributed by atoms with Gasteiger partial charge in [0.15, 0.2) is 0 Å². The fraction of sp³-hybridized carbons (Fsp3) is 0.875. The second-order valence-electron chi connectivity index (χ2n) is 2.67. The predicted molar refractivity (Wildman–Crippen MR) is 42.8 cm³/mol. The molecular formula is C8H17NO. The first-order valence-electron chi connectivity index (χ1n) is 3.92. The Bertz CT molecular complexity index is 95.4. The summed E-state index contributed by atoms with van der Waals surface area (Å²) < 4.78 is 0. The summed E-state index contributed by atoms with van der Waals surface area (Å²) in [6.07, 6.45) is 2.92. The standard InChI is InChI=1S/C8H17NO/c1-3-4-8(5-6-9)7(2)10/h8H,3-6,9H2,1-2H3. The van der Waals surface area contributed by atoms with E-state index < -0.39 is 0 Å². The van der Waals surface area contributed by atoms with E-state index in [2.05, 4.69) is 6.92 Å². The molecule has 0 aromatic heterocycles. The van der Waals surface area contributed by atoms with Gasteiger partial charge >= 0.3 is 0 Å². The van der Waals surface area contributed by atoms with E-state index in [4.69, 9.17) is 5.73 Å². The van der Waals surface area contributed by atoms with Gasteiger partial charge < -0.3 is 5.73 Å². The molecule has 0 radical (unpaired) electrons. The van der Waals surface area contributed by atoms with Crippen LogP contribution in [0, 0.1) is 5.92 Å². The summed E-state index contributed by atoms with van der Waals surface area (Å²) >= 11 is 0. The summed E-state index contributed by atoms with van der Waals surface area (Å²) in [5, 5.41) is 0. The minimum absolute atomic E-state index is 0.218. The molecule has 0 bridgehead atoms. The van der Waals surface area contributed by atoms with Crippen LogP contribution in [-0.2, 0) is 4.79 Å². The average Bonchev–Trinajstić information content (AvgIpc) is 1.87. The van der Waals surface area contributed by atoms with Gasteiger partial charge in [0.2, 0.25) is 0 Å². The zero-order valence-electron chi connectivity index (χ0n) is 6.89. The Morgan fingerprint density at radius 2 is 2.10 bits per heavy atom. The summed E-state index contributed by atoms with van der Waals surface area (Å²) in [7, 11) is 0. The molecule has 0 fully saturated rings. The number of hydrogen-bond donors (Lipinski definition) is 1. The van der Waals surface area contributed by atoms with Crippen molar-refractivity contribution in [3.8, 4) is 0 Å². The van der Waals surface area contributed by atoms with Crippen LogP contribution in [0.2, 0.25) is 0 Å². The molecule has 0 amide bonds. The van der Waals surface area contributed by atoms with Gasteiger partial charge in [0.05, 0.1) is 0 Å². The lowest BCUT2D eigenvalue weighted by molar-refractivity contribution is -0.121. The van der Waals surface area contributed by atoms with Gasteiger partial charge in [-0.2, -0.15) is 0 Å². The van der Waals surface area contributed by atoms with Crippen molar-refractivity contribution in [2.75, 3.05) is 6.54 Å². The third-order valence-corrected chi connectivity index (χ3v) is 1.73. The lowest BCUT2D eigenvalue weighted by Crippen LogP contribution is -2.15. The third kappa shape index (κ3) is 3.62. The number of nitrogens with two attached hydrogens (primary N) is 1. The van der Waals surface area contributed by atoms with Crippen molar-refractivity contribution >= 4 is 5.78 Å². The van der Waals surface area contributed by atoms with E-state index in [-0.39, 0.29) is 11.7 Å². The molecule has 10 heavy (non-hydrogen) atoms. The van der Waals surface area contributed by atoms with Gasteiger partial charge in [0, 0.05) is 5.92 Å². The molecule has 1 unspecified atom stereocenters. The first-order chi connectivity index (χ1) is 4.72. The molecule has 0 aliphatic carbocycles. The number of ketones is 1. The molecule has 2 heteroatoms. The summed E-state index contributed by atoms with van der Waals surface area (Å²) in [5.41, 5.74) is 5.35. The number of Topliss-reactive ketones (excluding diaryl/α,β-unsaturated/α-hetero) is 1. The normalized spacial score (nSPS) is 13.1. The van der Waals surface area contributed by atoms with Crippen LogP contribution in [0.1, 0.15) is 33.1 Å². The molecule has 2 N–H and O–H groups in total. The van der Waals surface area contributed by atoms with Crippen molar-refractivity contribution < 1.29 is 4.79 Å². The number of rotatable bonds is 5. The summed E-state index contributed by atoms with van der Waals surface area (Å²) in [4.78, 5) is 10.9. The molecule has 0 saturated heterocycles. The van der Waals surface area contributed by atoms with Gasteiger partial charge in [-0.1, -0.05) is 13.3 Å². The molecule has 0 aromatic rings. The molecule has 1 atom stereocenters. The highest BCUT2D eigenvalue weighted by atomic mass is 16.1. The zero-order valence-corrected chi connectivity index (χ0v) is 6.89. The second-order valence-corrected chi connectivity index (χ2v) is 2.67. The van der Waals surface area contributed by atoms with Gasteiger partial charge in [-0.25, -0.2) is 0 Å². The number of hydrogen-bond acceptors (Lipinski definition) is 2. The Balaban J connectivity index is 3.61. The van der Waals surface area contributed by atoms with E-state index in [0.717, 1.165) is 19.3 Å². The van der Waals surface area contributed by atoms with Crippen LogP contribution in [0.3, 0.4) is 0 Å². The smallest absolute Gasteiger partial charge is 0.132 e. The fourth-order valence-electron chi connectivity index (χ4n) is 1.10. The van der Waals surface area contributed by atoms with Gasteiger partial charge in [0.25, 0.3) is 0 Å². The number of carbonyl (C=O) groups is 1.